The summed E-state index contributed by atoms with van der Waals surface area (Å²) in [6, 6.07) is -1.04. The van der Waals surface area contributed by atoms with Crippen LogP contribution < -0.4 is 5.73 Å². The molecule has 0 fully saturated rings. The summed E-state index contributed by atoms with van der Waals surface area (Å²) in [5.74, 6) is -1.08. The number of allylic oxidation sites excluding steroid dienone is 2. The van der Waals surface area contributed by atoms with Gasteiger partial charge in [-0.05, 0) is 0 Å². The Balaban J connectivity index is 4.57. The molecule has 1 atom stereocenters. The smallest absolute Gasteiger partial charge is 0.321 e. The van der Waals surface area contributed by atoms with Gasteiger partial charge in [-0.15, -0.1) is 11.8 Å². The summed E-state index contributed by atoms with van der Waals surface area (Å²) in [5.41, 5.74) is 5.26. The molecule has 0 bridgehead atoms. The van der Waals surface area contributed by atoms with Crippen molar-refractivity contribution in [2.75, 3.05) is 5.75 Å². The van der Waals surface area contributed by atoms with Gasteiger partial charge in [0.2, 0.25) is 0 Å². The molecule has 0 saturated heterocycles. The molecule has 0 saturated carbocycles. The molecule has 0 aliphatic carbocycles. The molecule has 3 nitrogen and oxygen atoms in total. The molecule has 0 aromatic heterocycles. The number of carboxylic acid groups (broad SMARTS) is 1. The van der Waals surface area contributed by atoms with Crippen LogP contribution in [0.1, 0.15) is 0 Å². The summed E-state index contributed by atoms with van der Waals surface area (Å²) in [6.07, 6.45) is 0. The van der Waals surface area contributed by atoms with Gasteiger partial charge in [0, 0.05) is 5.75 Å². The minimum atomic E-state index is -1.13. The van der Waals surface area contributed by atoms with Crippen LogP contribution in [-0.4, -0.2) is 22.9 Å². The first-order chi connectivity index (χ1) is 7.27. The van der Waals surface area contributed by atoms with Gasteiger partial charge in [0.05, 0.1) is 14.4 Å². The second kappa shape index (κ2) is 7.93. The van der Waals surface area contributed by atoms with Gasteiger partial charge in [0.25, 0.3) is 0 Å². The van der Waals surface area contributed by atoms with E-state index in [0.717, 1.165) is 11.8 Å². The number of thioether (sulfide) groups is 1. The molecule has 92 valence electrons. The Bertz CT molecular complexity index is 340. The van der Waals surface area contributed by atoms with Crippen LogP contribution >= 0.6 is 69.8 Å². The lowest BCUT2D eigenvalue weighted by molar-refractivity contribution is -0.137. The Kier molecular flexibility index (Phi) is 8.28. The molecule has 0 radical (unpaired) electrons. The largest absolute Gasteiger partial charge is 0.480 e. The van der Waals surface area contributed by atoms with E-state index in [1.54, 1.807) is 0 Å². The normalized spacial score (nSPS) is 14.1. The van der Waals surface area contributed by atoms with Gasteiger partial charge in [0.1, 0.15) is 10.5 Å². The molecule has 16 heavy (non-hydrogen) atoms. The van der Waals surface area contributed by atoms with Gasteiger partial charge in [0.15, 0.2) is 0 Å². The number of carbonyl (C=O) groups is 1. The predicted octanol–water partition coefficient (Wildman–Crippen LogP) is 3.66. The van der Waals surface area contributed by atoms with Crippen molar-refractivity contribution in [3.63, 3.8) is 0 Å². The number of carboxylic acids is 1. The van der Waals surface area contributed by atoms with Crippen molar-refractivity contribution in [3.05, 3.63) is 18.9 Å². The zero-order valence-corrected chi connectivity index (χ0v) is 12.1. The molecular formula is C7H6Cl5NO2S. The minimum absolute atomic E-state index is 0.0501. The van der Waals surface area contributed by atoms with E-state index in [9.17, 15) is 4.79 Å². The fourth-order valence-electron chi connectivity index (χ4n) is 0.467. The number of halogens is 5. The molecule has 0 heterocycles. The van der Waals surface area contributed by atoms with Gasteiger partial charge >= 0.3 is 5.97 Å². The van der Waals surface area contributed by atoms with Crippen molar-refractivity contribution in [1.82, 2.24) is 0 Å². The maximum Gasteiger partial charge on any atom is 0.321 e. The summed E-state index contributed by atoms with van der Waals surface area (Å²) in [5, 5.41) is 8.37. The summed E-state index contributed by atoms with van der Waals surface area (Å²) < 4.78 is -0.157. The highest BCUT2D eigenvalue weighted by Gasteiger charge is 2.15. The molecule has 0 aromatic carbocycles. The average Bonchev–Trinajstić information content (AvgIpc) is 2.22. The first-order valence-electron chi connectivity index (χ1n) is 3.65. The molecule has 0 aromatic rings. The second-order valence-corrected chi connectivity index (χ2v) is 5.76. The zero-order chi connectivity index (χ0) is 12.9. The van der Waals surface area contributed by atoms with Crippen molar-refractivity contribution in [2.45, 2.75) is 6.04 Å². The van der Waals surface area contributed by atoms with Crippen molar-refractivity contribution in [2.24, 2.45) is 5.73 Å². The average molecular weight is 345 g/mol. The Hall–Kier alpha value is 0.710. The van der Waals surface area contributed by atoms with Crippen LogP contribution in [0.5, 0.6) is 0 Å². The van der Waals surface area contributed by atoms with E-state index in [1.807, 2.05) is 0 Å². The summed E-state index contributed by atoms with van der Waals surface area (Å²) >= 11 is 28.8. The van der Waals surface area contributed by atoms with Gasteiger partial charge in [-0.2, -0.15) is 0 Å². The van der Waals surface area contributed by atoms with Gasteiger partial charge in [-0.25, -0.2) is 0 Å². The van der Waals surface area contributed by atoms with Crippen LogP contribution in [0.3, 0.4) is 0 Å². The van der Waals surface area contributed by atoms with E-state index in [2.05, 4.69) is 0 Å². The maximum atomic E-state index is 10.4. The third-order valence-electron chi connectivity index (χ3n) is 1.24. The molecular weight excluding hydrogens is 339 g/mol. The number of rotatable bonds is 5. The first-order valence-corrected chi connectivity index (χ1v) is 6.52. The highest BCUT2D eigenvalue weighted by atomic mass is 35.5. The highest BCUT2D eigenvalue weighted by molar-refractivity contribution is 8.04. The first kappa shape index (κ1) is 16.7. The van der Waals surface area contributed by atoms with Crippen LogP contribution in [0.25, 0.3) is 0 Å². The topological polar surface area (TPSA) is 63.3 Å². The van der Waals surface area contributed by atoms with Crippen LogP contribution in [0, 0.1) is 0 Å². The van der Waals surface area contributed by atoms with Crippen molar-refractivity contribution in [3.8, 4) is 0 Å². The van der Waals surface area contributed by atoms with E-state index in [1.165, 1.54) is 0 Å². The highest BCUT2D eigenvalue weighted by Crippen LogP contribution is 2.36. The summed E-state index contributed by atoms with van der Waals surface area (Å²) in [7, 11) is 0. The standard InChI is InChI=1S/C7H6Cl5NO2S/c8-3(5(10)11)4(9)6(12)16-1-2(13)7(14)15/h2H,1,13H2,(H,14,15)/b6-4-. The Labute approximate surface area is 121 Å². The van der Waals surface area contributed by atoms with Crippen molar-refractivity contribution < 1.29 is 9.90 Å². The van der Waals surface area contributed by atoms with E-state index in [4.69, 9.17) is 68.8 Å². The van der Waals surface area contributed by atoms with Crippen LogP contribution in [0.2, 0.25) is 0 Å². The van der Waals surface area contributed by atoms with E-state index in [0.29, 0.717) is 0 Å². The van der Waals surface area contributed by atoms with E-state index >= 15 is 0 Å². The molecule has 0 aliphatic heterocycles. The zero-order valence-electron chi connectivity index (χ0n) is 7.52. The minimum Gasteiger partial charge on any atom is -0.480 e. The number of aliphatic carboxylic acids is 1. The number of hydrogen-bond donors (Lipinski definition) is 2. The fraction of sp³-hybridized carbons (Fsp3) is 0.286. The molecule has 9 heteroatoms. The van der Waals surface area contributed by atoms with Gasteiger partial charge < -0.3 is 10.8 Å². The lowest BCUT2D eigenvalue weighted by Crippen LogP contribution is -2.32. The van der Waals surface area contributed by atoms with Crippen molar-refractivity contribution in [1.29, 1.82) is 0 Å². The fourth-order valence-corrected chi connectivity index (χ4v) is 2.19. The van der Waals surface area contributed by atoms with Crippen LogP contribution in [-0.2, 0) is 4.79 Å². The molecule has 0 amide bonds. The number of hydrogen-bond acceptors (Lipinski definition) is 3. The van der Waals surface area contributed by atoms with E-state index < -0.39 is 12.0 Å². The Morgan fingerprint density at radius 3 is 2.06 bits per heavy atom. The number of nitrogens with two attached hydrogens (primary N) is 1. The maximum absolute atomic E-state index is 10.4. The predicted molar refractivity (Wildman–Crippen MR) is 71.4 cm³/mol. The molecule has 0 spiro atoms. The van der Waals surface area contributed by atoms with Gasteiger partial charge in [-0.3, -0.25) is 4.79 Å². The van der Waals surface area contributed by atoms with Crippen LogP contribution in [0.15, 0.2) is 18.9 Å². The lowest BCUT2D eigenvalue weighted by atomic mass is 10.4. The lowest BCUT2D eigenvalue weighted by Gasteiger charge is -2.06. The molecule has 1 unspecified atom stereocenters. The molecule has 3 N–H and O–H groups in total. The monoisotopic (exact) mass is 343 g/mol. The van der Waals surface area contributed by atoms with Crippen molar-refractivity contribution >= 4 is 75.7 Å². The Morgan fingerprint density at radius 2 is 1.69 bits per heavy atom. The quantitative estimate of drug-likeness (QED) is 0.747. The Morgan fingerprint density at radius 1 is 1.19 bits per heavy atom. The summed E-state index contributed by atoms with van der Waals surface area (Å²) in [6.45, 7) is 0. The van der Waals surface area contributed by atoms with Gasteiger partial charge in [-0.1, -0.05) is 58.0 Å². The molecule has 0 aliphatic rings. The molecule has 0 rings (SSSR count). The van der Waals surface area contributed by atoms with Crippen LogP contribution in [0.4, 0.5) is 0 Å². The third kappa shape index (κ3) is 5.87. The third-order valence-corrected chi connectivity index (χ3v) is 4.37. The summed E-state index contributed by atoms with van der Waals surface area (Å²) in [4.78, 5) is 10.4. The van der Waals surface area contributed by atoms with E-state index in [-0.39, 0.29) is 24.7 Å². The SMILES string of the molecule is NC(CS/C(Cl)=C(\Cl)C(Cl)=C(Cl)Cl)C(=O)O. The second-order valence-electron chi connectivity index (χ2n) is 2.42.